The second-order valence-electron chi connectivity index (χ2n) is 8.35. The van der Waals surface area contributed by atoms with Gasteiger partial charge in [-0.3, -0.25) is 14.4 Å². The first-order valence-electron chi connectivity index (χ1n) is 11.7. The highest BCUT2D eigenvalue weighted by Gasteiger charge is 2.44. The van der Waals surface area contributed by atoms with E-state index in [1.165, 1.54) is 60.5 Å². The molecule has 8 nitrogen and oxygen atoms in total. The number of esters is 1. The predicted octanol–water partition coefficient (Wildman–Crippen LogP) is 3.99. The van der Waals surface area contributed by atoms with Gasteiger partial charge in [-0.15, -0.1) is 0 Å². The molecule has 1 aliphatic rings. The number of anilines is 1. The van der Waals surface area contributed by atoms with Crippen LogP contribution >= 0.6 is 0 Å². The number of halogens is 1. The van der Waals surface area contributed by atoms with Crippen LogP contribution in [0.3, 0.4) is 0 Å². The summed E-state index contributed by atoms with van der Waals surface area (Å²) >= 11 is 0. The number of imide groups is 1. The lowest BCUT2D eigenvalue weighted by molar-refractivity contribution is -0.122. The van der Waals surface area contributed by atoms with Crippen LogP contribution in [0.2, 0.25) is 0 Å². The zero-order valence-electron chi connectivity index (χ0n) is 20.3. The highest BCUT2D eigenvalue weighted by Crippen LogP contribution is 2.29. The molecule has 0 bridgehead atoms. The largest absolute Gasteiger partial charge is 0.497 e. The summed E-state index contributed by atoms with van der Waals surface area (Å²) in [5, 5.41) is 0. The van der Waals surface area contributed by atoms with E-state index >= 15 is 0 Å². The third-order valence-electron chi connectivity index (χ3n) is 5.98. The number of ether oxygens (including phenoxy) is 2. The number of rotatable bonds is 8. The van der Waals surface area contributed by atoms with E-state index in [1.54, 1.807) is 31.2 Å². The lowest BCUT2D eigenvalue weighted by Gasteiger charge is -2.28. The molecular weight excluding hydrogens is 479 g/mol. The summed E-state index contributed by atoms with van der Waals surface area (Å²) in [6, 6.07) is 16.9. The van der Waals surface area contributed by atoms with Crippen LogP contribution < -0.4 is 9.64 Å². The maximum Gasteiger partial charge on any atom is 0.338 e. The number of hydrogen-bond donors (Lipinski definition) is 0. The third-order valence-corrected chi connectivity index (χ3v) is 5.98. The summed E-state index contributed by atoms with van der Waals surface area (Å²) in [6.45, 7) is 1.89. The molecule has 1 fully saturated rings. The monoisotopic (exact) mass is 504 g/mol. The molecule has 1 atom stereocenters. The quantitative estimate of drug-likeness (QED) is 0.340. The van der Waals surface area contributed by atoms with Crippen LogP contribution in [0.5, 0.6) is 5.75 Å². The molecule has 37 heavy (non-hydrogen) atoms. The lowest BCUT2D eigenvalue weighted by Crippen LogP contribution is -2.45. The Morgan fingerprint density at radius 3 is 2.35 bits per heavy atom. The second-order valence-corrected chi connectivity index (χ2v) is 8.35. The molecule has 1 heterocycles. The highest BCUT2D eigenvalue weighted by molar-refractivity contribution is 6.23. The molecule has 1 aliphatic heterocycles. The molecule has 0 aromatic heterocycles. The number of amides is 3. The van der Waals surface area contributed by atoms with Crippen molar-refractivity contribution < 1.29 is 33.0 Å². The highest BCUT2D eigenvalue weighted by atomic mass is 19.1. The Morgan fingerprint density at radius 2 is 1.70 bits per heavy atom. The molecule has 0 aliphatic carbocycles. The van der Waals surface area contributed by atoms with Crippen molar-refractivity contribution in [1.82, 2.24) is 4.90 Å². The summed E-state index contributed by atoms with van der Waals surface area (Å²) < 4.78 is 23.7. The van der Waals surface area contributed by atoms with Crippen LogP contribution in [-0.2, 0) is 20.9 Å². The average molecular weight is 505 g/mol. The van der Waals surface area contributed by atoms with Crippen LogP contribution in [0.4, 0.5) is 10.1 Å². The molecule has 190 valence electrons. The second kappa shape index (κ2) is 11.0. The summed E-state index contributed by atoms with van der Waals surface area (Å²) in [5.41, 5.74) is 1.43. The minimum absolute atomic E-state index is 0.0182. The molecule has 1 unspecified atom stereocenters. The first-order chi connectivity index (χ1) is 17.8. The standard InChI is InChI=1S/C28H25FN2O6/c1-3-37-28(35)19-9-13-22(14-10-19)31-25(32)16-24(27(31)34)30(17-18-7-11-21(29)12-8-18)26(33)20-5-4-6-23(15-20)36-2/h4-15,24H,3,16-17H2,1-2H3. The van der Waals surface area contributed by atoms with Crippen molar-refractivity contribution in [1.29, 1.82) is 0 Å². The number of carbonyl (C=O) groups is 4. The topological polar surface area (TPSA) is 93.2 Å². The van der Waals surface area contributed by atoms with Gasteiger partial charge in [0.2, 0.25) is 5.91 Å². The molecule has 3 aromatic carbocycles. The van der Waals surface area contributed by atoms with Gasteiger partial charge in [-0.1, -0.05) is 18.2 Å². The van der Waals surface area contributed by atoms with Gasteiger partial charge >= 0.3 is 5.97 Å². The summed E-state index contributed by atoms with van der Waals surface area (Å²) in [4.78, 5) is 54.4. The minimum atomic E-state index is -1.08. The van der Waals surface area contributed by atoms with E-state index in [2.05, 4.69) is 0 Å². The molecule has 1 saturated heterocycles. The van der Waals surface area contributed by atoms with Crippen LogP contribution in [0, 0.1) is 5.82 Å². The number of hydrogen-bond acceptors (Lipinski definition) is 6. The third kappa shape index (κ3) is 5.50. The van der Waals surface area contributed by atoms with Crippen LogP contribution in [0.1, 0.15) is 39.6 Å². The SMILES string of the molecule is CCOC(=O)c1ccc(N2C(=O)CC(N(Cc3ccc(F)cc3)C(=O)c3cccc(OC)c3)C2=O)cc1. The Morgan fingerprint density at radius 1 is 1.00 bits per heavy atom. The Hall–Kier alpha value is -4.53. The number of carbonyl (C=O) groups excluding carboxylic acids is 4. The zero-order chi connectivity index (χ0) is 26.5. The van der Waals surface area contributed by atoms with Crippen molar-refractivity contribution in [3.63, 3.8) is 0 Å². The molecular formula is C28H25FN2O6. The Bertz CT molecular complexity index is 1320. The lowest BCUT2D eigenvalue weighted by atomic mass is 10.1. The fourth-order valence-electron chi connectivity index (χ4n) is 4.12. The number of benzene rings is 3. The van der Waals surface area contributed by atoms with Gasteiger partial charge in [0.05, 0.1) is 31.4 Å². The van der Waals surface area contributed by atoms with Gasteiger partial charge in [-0.05, 0) is 67.1 Å². The Kier molecular flexibility index (Phi) is 7.62. The van der Waals surface area contributed by atoms with Crippen molar-refractivity contribution in [3.05, 3.63) is 95.3 Å². The Balaban J connectivity index is 1.65. The maximum absolute atomic E-state index is 13.6. The van der Waals surface area contributed by atoms with E-state index in [-0.39, 0.29) is 36.4 Å². The smallest absolute Gasteiger partial charge is 0.338 e. The zero-order valence-corrected chi connectivity index (χ0v) is 20.3. The molecule has 0 radical (unpaired) electrons. The van der Waals surface area contributed by atoms with Crippen molar-refractivity contribution in [3.8, 4) is 5.75 Å². The number of nitrogens with zero attached hydrogens (tertiary/aromatic N) is 2. The Labute approximate surface area is 213 Å². The van der Waals surface area contributed by atoms with Gasteiger partial charge in [-0.2, -0.15) is 0 Å². The first kappa shape index (κ1) is 25.6. The van der Waals surface area contributed by atoms with Gasteiger partial charge in [0, 0.05) is 12.1 Å². The van der Waals surface area contributed by atoms with Crippen LogP contribution in [0.15, 0.2) is 72.8 Å². The van der Waals surface area contributed by atoms with Gasteiger partial charge in [0.1, 0.15) is 17.6 Å². The summed E-state index contributed by atoms with van der Waals surface area (Å²) in [7, 11) is 1.48. The molecule has 3 amide bonds. The molecule has 0 N–H and O–H groups in total. The van der Waals surface area contributed by atoms with Gasteiger partial charge in [-0.25, -0.2) is 14.1 Å². The molecule has 0 saturated carbocycles. The van der Waals surface area contributed by atoms with Crippen molar-refractivity contribution >= 4 is 29.4 Å². The normalized spacial score (nSPS) is 15.0. The van der Waals surface area contributed by atoms with E-state index in [4.69, 9.17) is 9.47 Å². The van der Waals surface area contributed by atoms with Crippen LogP contribution in [-0.4, -0.2) is 48.3 Å². The van der Waals surface area contributed by atoms with Gasteiger partial charge in [0.25, 0.3) is 11.8 Å². The molecule has 9 heteroatoms. The van der Waals surface area contributed by atoms with Crippen molar-refractivity contribution in [2.24, 2.45) is 0 Å². The van der Waals surface area contributed by atoms with Gasteiger partial charge in [0.15, 0.2) is 0 Å². The van der Waals surface area contributed by atoms with Crippen molar-refractivity contribution in [2.45, 2.75) is 25.9 Å². The van der Waals surface area contributed by atoms with E-state index in [9.17, 15) is 23.6 Å². The van der Waals surface area contributed by atoms with E-state index < -0.39 is 35.5 Å². The predicted molar refractivity (Wildman–Crippen MR) is 133 cm³/mol. The molecule has 0 spiro atoms. The maximum atomic E-state index is 13.6. The fourth-order valence-corrected chi connectivity index (χ4v) is 4.12. The number of methoxy groups -OCH3 is 1. The summed E-state index contributed by atoms with van der Waals surface area (Å²) in [5.74, 6) is -2.02. The van der Waals surface area contributed by atoms with E-state index in [1.807, 2.05) is 0 Å². The molecule has 4 rings (SSSR count). The summed E-state index contributed by atoms with van der Waals surface area (Å²) in [6.07, 6.45) is -0.227. The first-order valence-corrected chi connectivity index (χ1v) is 11.7. The average Bonchev–Trinajstić information content (AvgIpc) is 3.21. The fraction of sp³-hybridized carbons (Fsp3) is 0.214. The molecule has 3 aromatic rings. The van der Waals surface area contributed by atoms with Gasteiger partial charge < -0.3 is 14.4 Å². The minimum Gasteiger partial charge on any atom is -0.497 e. The van der Waals surface area contributed by atoms with Crippen LogP contribution in [0.25, 0.3) is 0 Å². The van der Waals surface area contributed by atoms with E-state index in [0.717, 1.165) is 4.90 Å². The van der Waals surface area contributed by atoms with Crippen molar-refractivity contribution in [2.75, 3.05) is 18.6 Å². The van der Waals surface area contributed by atoms with E-state index in [0.29, 0.717) is 11.3 Å².